The number of carbonyl (C=O) groups is 1. The Bertz CT molecular complexity index is 871. The standard InChI is InChI=1S/C17H20N6O/c1-11-9-18-14(20-11)12-6-5-7-13(8-12)21-16(24)15-19-10-23(22-15)17(2,3)4/h5-10H,1-4H3,(H,18,20)(H,21,24). The first-order chi connectivity index (χ1) is 11.3. The van der Waals surface area contributed by atoms with Crippen LogP contribution in [0.4, 0.5) is 5.69 Å². The number of hydrogen-bond donors (Lipinski definition) is 2. The quantitative estimate of drug-likeness (QED) is 0.775. The zero-order valence-electron chi connectivity index (χ0n) is 14.2. The van der Waals surface area contributed by atoms with Crippen molar-refractivity contribution in [2.75, 3.05) is 5.32 Å². The van der Waals surface area contributed by atoms with Gasteiger partial charge in [-0.3, -0.25) is 4.79 Å². The van der Waals surface area contributed by atoms with Gasteiger partial charge in [0.1, 0.15) is 12.2 Å². The van der Waals surface area contributed by atoms with Crippen molar-refractivity contribution in [3.05, 3.63) is 48.3 Å². The Hall–Kier alpha value is -2.96. The molecule has 2 aromatic heterocycles. The molecule has 24 heavy (non-hydrogen) atoms. The highest BCUT2D eigenvalue weighted by Crippen LogP contribution is 2.20. The maximum absolute atomic E-state index is 12.3. The first-order valence-corrected chi connectivity index (χ1v) is 7.68. The summed E-state index contributed by atoms with van der Waals surface area (Å²) in [5.74, 6) is 0.564. The zero-order valence-corrected chi connectivity index (χ0v) is 14.2. The molecule has 0 bridgehead atoms. The van der Waals surface area contributed by atoms with Crippen molar-refractivity contribution in [3.63, 3.8) is 0 Å². The lowest BCUT2D eigenvalue weighted by Gasteiger charge is -2.17. The van der Waals surface area contributed by atoms with Gasteiger partial charge in [-0.1, -0.05) is 12.1 Å². The van der Waals surface area contributed by atoms with Gasteiger partial charge < -0.3 is 10.3 Å². The second kappa shape index (κ2) is 5.92. The molecule has 0 saturated heterocycles. The second-order valence-electron chi connectivity index (χ2n) is 6.63. The number of anilines is 1. The lowest BCUT2D eigenvalue weighted by molar-refractivity contribution is 0.101. The number of aromatic amines is 1. The topological polar surface area (TPSA) is 88.5 Å². The minimum Gasteiger partial charge on any atom is -0.342 e. The molecule has 7 nitrogen and oxygen atoms in total. The molecule has 124 valence electrons. The fourth-order valence-electron chi connectivity index (χ4n) is 2.18. The van der Waals surface area contributed by atoms with Gasteiger partial charge in [0.25, 0.3) is 5.91 Å². The Labute approximate surface area is 140 Å². The Morgan fingerprint density at radius 1 is 1.25 bits per heavy atom. The summed E-state index contributed by atoms with van der Waals surface area (Å²) in [7, 11) is 0. The number of aryl methyl sites for hydroxylation is 1. The largest absolute Gasteiger partial charge is 0.342 e. The summed E-state index contributed by atoms with van der Waals surface area (Å²) in [5.41, 5.74) is 2.33. The van der Waals surface area contributed by atoms with Gasteiger partial charge in [0, 0.05) is 23.1 Å². The molecule has 3 aromatic rings. The number of nitrogens with one attached hydrogen (secondary N) is 2. The number of aromatic nitrogens is 5. The molecule has 0 saturated carbocycles. The van der Waals surface area contributed by atoms with E-state index in [-0.39, 0.29) is 17.3 Å². The van der Waals surface area contributed by atoms with Crippen LogP contribution in [-0.2, 0) is 5.54 Å². The third-order valence-electron chi connectivity index (χ3n) is 3.48. The fourth-order valence-corrected chi connectivity index (χ4v) is 2.18. The predicted molar refractivity (Wildman–Crippen MR) is 91.7 cm³/mol. The van der Waals surface area contributed by atoms with Crippen LogP contribution in [0.1, 0.15) is 37.1 Å². The van der Waals surface area contributed by atoms with Crippen LogP contribution in [0.3, 0.4) is 0 Å². The van der Waals surface area contributed by atoms with Crippen LogP contribution >= 0.6 is 0 Å². The van der Waals surface area contributed by atoms with Crippen LogP contribution in [0.15, 0.2) is 36.8 Å². The number of H-pyrrole nitrogens is 1. The Morgan fingerprint density at radius 2 is 2.04 bits per heavy atom. The van der Waals surface area contributed by atoms with Gasteiger partial charge in [-0.05, 0) is 39.8 Å². The monoisotopic (exact) mass is 324 g/mol. The molecule has 0 spiro atoms. The zero-order chi connectivity index (χ0) is 17.3. The van der Waals surface area contributed by atoms with E-state index in [1.54, 1.807) is 17.2 Å². The van der Waals surface area contributed by atoms with Crippen molar-refractivity contribution in [2.24, 2.45) is 0 Å². The fraction of sp³-hybridized carbons (Fsp3) is 0.294. The highest BCUT2D eigenvalue weighted by Gasteiger charge is 2.18. The molecule has 0 unspecified atom stereocenters. The van der Waals surface area contributed by atoms with Crippen molar-refractivity contribution in [3.8, 4) is 11.4 Å². The molecule has 0 aliphatic heterocycles. The maximum atomic E-state index is 12.3. The van der Waals surface area contributed by atoms with E-state index in [9.17, 15) is 4.79 Å². The minimum absolute atomic E-state index is 0.143. The van der Waals surface area contributed by atoms with Gasteiger partial charge >= 0.3 is 0 Å². The summed E-state index contributed by atoms with van der Waals surface area (Å²) in [6, 6.07) is 7.47. The number of amides is 1. The van der Waals surface area contributed by atoms with E-state index in [4.69, 9.17) is 0 Å². The van der Waals surface area contributed by atoms with Crippen molar-refractivity contribution in [1.82, 2.24) is 24.7 Å². The van der Waals surface area contributed by atoms with Crippen LogP contribution < -0.4 is 5.32 Å². The summed E-state index contributed by atoms with van der Waals surface area (Å²) in [6.45, 7) is 7.94. The highest BCUT2D eigenvalue weighted by atomic mass is 16.2. The third kappa shape index (κ3) is 3.34. The van der Waals surface area contributed by atoms with Crippen LogP contribution in [0.25, 0.3) is 11.4 Å². The van der Waals surface area contributed by atoms with Gasteiger partial charge in [-0.15, -0.1) is 5.10 Å². The number of rotatable bonds is 3. The lowest BCUT2D eigenvalue weighted by Crippen LogP contribution is -2.23. The van der Waals surface area contributed by atoms with Gasteiger partial charge in [0.15, 0.2) is 0 Å². The first kappa shape index (κ1) is 15.9. The highest BCUT2D eigenvalue weighted by molar-refractivity contribution is 6.01. The molecule has 7 heteroatoms. The van der Waals surface area contributed by atoms with Crippen molar-refractivity contribution >= 4 is 11.6 Å². The van der Waals surface area contributed by atoms with Crippen LogP contribution in [-0.4, -0.2) is 30.6 Å². The molecule has 0 radical (unpaired) electrons. The van der Waals surface area contributed by atoms with Crippen LogP contribution in [0.5, 0.6) is 0 Å². The summed E-state index contributed by atoms with van der Waals surface area (Å²) in [4.78, 5) is 23.9. The number of imidazole rings is 1. The van der Waals surface area contributed by atoms with E-state index in [0.29, 0.717) is 5.69 Å². The van der Waals surface area contributed by atoms with Crippen LogP contribution in [0, 0.1) is 6.92 Å². The first-order valence-electron chi connectivity index (χ1n) is 7.68. The van der Waals surface area contributed by atoms with E-state index in [1.807, 2.05) is 52.0 Å². The van der Waals surface area contributed by atoms with E-state index in [2.05, 4.69) is 25.4 Å². The molecule has 0 aliphatic carbocycles. The van der Waals surface area contributed by atoms with Crippen molar-refractivity contribution in [1.29, 1.82) is 0 Å². The molecule has 2 N–H and O–H groups in total. The molecule has 1 amide bonds. The second-order valence-corrected chi connectivity index (χ2v) is 6.63. The summed E-state index contributed by atoms with van der Waals surface area (Å²) in [5, 5.41) is 7.06. The van der Waals surface area contributed by atoms with E-state index in [0.717, 1.165) is 17.1 Å². The average molecular weight is 324 g/mol. The molecule has 0 fully saturated rings. The van der Waals surface area contributed by atoms with E-state index in [1.165, 1.54) is 0 Å². The normalized spacial score (nSPS) is 11.5. The number of nitrogens with zero attached hydrogens (tertiary/aromatic N) is 4. The minimum atomic E-state index is -0.342. The maximum Gasteiger partial charge on any atom is 0.295 e. The molecular weight excluding hydrogens is 304 g/mol. The summed E-state index contributed by atoms with van der Waals surface area (Å²) >= 11 is 0. The number of benzene rings is 1. The van der Waals surface area contributed by atoms with Gasteiger partial charge in [-0.25, -0.2) is 14.6 Å². The van der Waals surface area contributed by atoms with Crippen molar-refractivity contribution < 1.29 is 4.79 Å². The molecule has 2 heterocycles. The Balaban J connectivity index is 1.78. The van der Waals surface area contributed by atoms with Crippen LogP contribution in [0.2, 0.25) is 0 Å². The Morgan fingerprint density at radius 3 is 2.67 bits per heavy atom. The number of carbonyl (C=O) groups excluding carboxylic acids is 1. The lowest BCUT2D eigenvalue weighted by atomic mass is 10.1. The predicted octanol–water partition coefficient (Wildman–Crippen LogP) is 2.98. The molecular formula is C17H20N6O. The van der Waals surface area contributed by atoms with E-state index >= 15 is 0 Å². The summed E-state index contributed by atoms with van der Waals surface area (Å²) < 4.78 is 1.67. The average Bonchev–Trinajstić information content (AvgIpc) is 3.16. The molecule has 0 atom stereocenters. The number of hydrogen-bond acceptors (Lipinski definition) is 4. The molecule has 3 rings (SSSR count). The van der Waals surface area contributed by atoms with Gasteiger partial charge in [0.05, 0.1) is 5.54 Å². The van der Waals surface area contributed by atoms with Gasteiger partial charge in [-0.2, -0.15) is 0 Å². The van der Waals surface area contributed by atoms with E-state index < -0.39 is 0 Å². The molecule has 1 aromatic carbocycles. The smallest absolute Gasteiger partial charge is 0.295 e. The Kier molecular flexibility index (Phi) is 3.92. The third-order valence-corrected chi connectivity index (χ3v) is 3.48. The molecule has 0 aliphatic rings. The summed E-state index contributed by atoms with van der Waals surface area (Å²) in [6.07, 6.45) is 3.33. The SMILES string of the molecule is Cc1cnc(-c2cccc(NC(=O)c3ncn(C(C)(C)C)n3)c2)[nH]1. The van der Waals surface area contributed by atoms with Crippen molar-refractivity contribution in [2.45, 2.75) is 33.2 Å². The van der Waals surface area contributed by atoms with Gasteiger partial charge in [0.2, 0.25) is 5.82 Å².